The molecular weight excluding hydrogens is 412 g/mol. The van der Waals surface area contributed by atoms with E-state index in [0.29, 0.717) is 12.4 Å². The van der Waals surface area contributed by atoms with Gasteiger partial charge >= 0.3 is 11.9 Å². The zero-order valence-electron chi connectivity index (χ0n) is 17.0. The van der Waals surface area contributed by atoms with E-state index in [1.54, 1.807) is 0 Å². The van der Waals surface area contributed by atoms with Gasteiger partial charge in [0.15, 0.2) is 0 Å². The van der Waals surface area contributed by atoms with E-state index in [0.717, 1.165) is 5.57 Å². The van der Waals surface area contributed by atoms with Crippen LogP contribution in [0.5, 0.6) is 0 Å². The van der Waals surface area contributed by atoms with E-state index in [-0.39, 0.29) is 11.1 Å². The highest BCUT2D eigenvalue weighted by Crippen LogP contribution is 2.15. The Morgan fingerprint density at radius 1 is 0.719 bits per heavy atom. The summed E-state index contributed by atoms with van der Waals surface area (Å²) in [4.78, 5) is 20.7. The van der Waals surface area contributed by atoms with Crippen LogP contribution < -0.4 is 0 Å². The highest BCUT2D eigenvalue weighted by molar-refractivity contribution is 5.91. The lowest BCUT2D eigenvalue weighted by molar-refractivity contribution is 0.0681. The van der Waals surface area contributed by atoms with Crippen molar-refractivity contribution in [1.82, 2.24) is 0 Å². The number of carbonyl (C=O) groups is 2. The fraction of sp³-hybridized carbons (Fsp3) is 0.0400. The molecule has 0 amide bonds. The van der Waals surface area contributed by atoms with Gasteiger partial charge in [0.05, 0.1) is 11.1 Å². The van der Waals surface area contributed by atoms with E-state index in [4.69, 9.17) is 24.4 Å². The first kappa shape index (κ1) is 23.8. The summed E-state index contributed by atoms with van der Waals surface area (Å²) in [5.74, 6) is -1.41. The maximum atomic E-state index is 10.3. The molecule has 0 saturated heterocycles. The van der Waals surface area contributed by atoms with Gasteiger partial charge in [-0.2, -0.15) is 0 Å². The smallest absolute Gasteiger partial charge is 0.335 e. The van der Waals surface area contributed by atoms with Crippen molar-refractivity contribution in [3.63, 3.8) is 0 Å². The third-order valence-corrected chi connectivity index (χ3v) is 3.81. The number of benzene rings is 1. The molecule has 164 valence electrons. The van der Waals surface area contributed by atoms with Gasteiger partial charge in [-0.15, -0.1) is 0 Å². The van der Waals surface area contributed by atoms with Crippen molar-refractivity contribution in [1.29, 1.82) is 0 Å². The molecule has 0 radical (unpaired) electrons. The van der Waals surface area contributed by atoms with Crippen LogP contribution in [0.15, 0.2) is 121 Å². The SMILES string of the molecule is C1=C\C=C/C2=C/CO/C=C\O/C=C\O\C2=C/C=C/C=C1.O=C(O)c1ccc(C(=O)O)cc1. The maximum absolute atomic E-state index is 10.3. The van der Waals surface area contributed by atoms with Gasteiger partial charge in [0.25, 0.3) is 0 Å². The number of ether oxygens (including phenoxy) is 3. The molecule has 2 aliphatic rings. The molecular formula is C25H22O7. The molecule has 1 heterocycles. The quantitative estimate of drug-likeness (QED) is 0.666. The van der Waals surface area contributed by atoms with Crippen LogP contribution in [0, 0.1) is 0 Å². The predicted molar refractivity (Wildman–Crippen MR) is 119 cm³/mol. The zero-order chi connectivity index (χ0) is 23.0. The van der Waals surface area contributed by atoms with Crippen LogP contribution in [-0.2, 0) is 14.2 Å². The number of hydrogen-bond acceptors (Lipinski definition) is 5. The minimum atomic E-state index is -1.06. The molecule has 0 saturated carbocycles. The summed E-state index contributed by atoms with van der Waals surface area (Å²) >= 11 is 0. The second-order valence-electron chi connectivity index (χ2n) is 6.02. The number of aromatic carboxylic acids is 2. The average molecular weight is 434 g/mol. The first-order valence-corrected chi connectivity index (χ1v) is 9.47. The summed E-state index contributed by atoms with van der Waals surface area (Å²) in [6.07, 6.45) is 25.3. The monoisotopic (exact) mass is 434 g/mol. The van der Waals surface area contributed by atoms with Crippen molar-refractivity contribution < 1.29 is 34.0 Å². The molecule has 32 heavy (non-hydrogen) atoms. The lowest BCUT2D eigenvalue weighted by Crippen LogP contribution is -1.99. The van der Waals surface area contributed by atoms with Crippen molar-refractivity contribution >= 4 is 11.9 Å². The third kappa shape index (κ3) is 8.87. The van der Waals surface area contributed by atoms with Crippen molar-refractivity contribution in [2.24, 2.45) is 0 Å². The minimum Gasteiger partial charge on any atom is -0.494 e. The summed E-state index contributed by atoms with van der Waals surface area (Å²) in [6, 6.07) is 5.02. The molecule has 3 rings (SSSR count). The predicted octanol–water partition coefficient (Wildman–Crippen LogP) is 5.12. The Balaban J connectivity index is 0.000000258. The van der Waals surface area contributed by atoms with E-state index in [2.05, 4.69) is 0 Å². The number of carboxylic acids is 2. The van der Waals surface area contributed by atoms with Crippen molar-refractivity contribution in [3.05, 3.63) is 133 Å². The number of hydrogen-bond donors (Lipinski definition) is 2. The summed E-state index contributed by atoms with van der Waals surface area (Å²) in [5, 5.41) is 16.9. The Hall–Kier alpha value is -4.52. The van der Waals surface area contributed by atoms with Crippen LogP contribution in [0.4, 0.5) is 0 Å². The molecule has 0 bridgehead atoms. The Kier molecular flexibility index (Phi) is 10.1. The van der Waals surface area contributed by atoms with Gasteiger partial charge < -0.3 is 24.4 Å². The molecule has 7 heteroatoms. The molecule has 7 nitrogen and oxygen atoms in total. The van der Waals surface area contributed by atoms with E-state index >= 15 is 0 Å². The number of rotatable bonds is 2. The van der Waals surface area contributed by atoms with Gasteiger partial charge in [0.2, 0.25) is 0 Å². The van der Waals surface area contributed by atoms with Crippen LogP contribution in [0.1, 0.15) is 20.7 Å². The van der Waals surface area contributed by atoms with Gasteiger partial charge in [0.1, 0.15) is 37.4 Å². The largest absolute Gasteiger partial charge is 0.494 e. The number of allylic oxidation sites excluding steroid dienone is 9. The van der Waals surface area contributed by atoms with Gasteiger partial charge in [0, 0.05) is 5.57 Å². The van der Waals surface area contributed by atoms with Gasteiger partial charge in [-0.3, -0.25) is 0 Å². The summed E-state index contributed by atoms with van der Waals surface area (Å²) < 4.78 is 15.9. The Bertz CT molecular complexity index is 984. The van der Waals surface area contributed by atoms with E-state index in [1.807, 2.05) is 60.8 Å². The van der Waals surface area contributed by atoms with Crippen LogP contribution >= 0.6 is 0 Å². The molecule has 2 N–H and O–H groups in total. The zero-order valence-corrected chi connectivity index (χ0v) is 17.0. The van der Waals surface area contributed by atoms with Gasteiger partial charge in [-0.05, 0) is 36.4 Å². The standard InChI is InChI=1S/C17H16O3.C8H6O4/c1-2-4-6-8-16-10-11-18-12-13-19-14-15-20-17(16)9-7-5-3-1;9-7(10)5-1-2-6(4-3-5)8(11)12/h1-10,12-15H,11H2;1-4H,(H,9,10)(H,11,12)/b3-1?,4-2?,7-5+,8-6-,13-12-,15-14-,16-10-,17-9-;. The first-order valence-electron chi connectivity index (χ1n) is 9.47. The second-order valence-corrected chi connectivity index (χ2v) is 6.02. The van der Waals surface area contributed by atoms with Gasteiger partial charge in [-0.1, -0.05) is 48.6 Å². The van der Waals surface area contributed by atoms with E-state index in [1.165, 1.54) is 49.3 Å². The summed E-state index contributed by atoms with van der Waals surface area (Å²) in [6.45, 7) is 0.436. The maximum Gasteiger partial charge on any atom is 0.335 e. The Morgan fingerprint density at radius 3 is 1.91 bits per heavy atom. The number of carboxylic acid groups (broad SMARTS) is 2. The fourth-order valence-corrected chi connectivity index (χ4v) is 2.28. The van der Waals surface area contributed by atoms with Gasteiger partial charge in [-0.25, -0.2) is 9.59 Å². The Morgan fingerprint density at radius 2 is 1.28 bits per heavy atom. The topological polar surface area (TPSA) is 102 Å². The Labute approximate surface area is 185 Å². The van der Waals surface area contributed by atoms with Crippen LogP contribution in [0.2, 0.25) is 0 Å². The van der Waals surface area contributed by atoms with Crippen molar-refractivity contribution in [2.45, 2.75) is 0 Å². The first-order chi connectivity index (χ1) is 15.6. The highest BCUT2D eigenvalue weighted by Gasteiger charge is 2.05. The molecule has 1 aliphatic carbocycles. The van der Waals surface area contributed by atoms with Crippen molar-refractivity contribution in [2.75, 3.05) is 6.61 Å². The molecule has 0 aromatic heterocycles. The number of fused-ring (bicyclic) bond motifs is 1. The third-order valence-electron chi connectivity index (χ3n) is 3.81. The minimum absolute atomic E-state index is 0.0833. The average Bonchev–Trinajstić information content (AvgIpc) is 2.87. The highest BCUT2D eigenvalue weighted by atomic mass is 16.5. The van der Waals surface area contributed by atoms with Crippen LogP contribution in [0.25, 0.3) is 0 Å². The van der Waals surface area contributed by atoms with Crippen LogP contribution in [-0.4, -0.2) is 28.8 Å². The lowest BCUT2D eigenvalue weighted by atomic mass is 10.1. The molecule has 1 aromatic carbocycles. The normalized spacial score (nSPS) is 22.2. The van der Waals surface area contributed by atoms with Crippen LogP contribution in [0.3, 0.4) is 0 Å². The van der Waals surface area contributed by atoms with E-state index in [9.17, 15) is 9.59 Å². The lowest BCUT2D eigenvalue weighted by Gasteiger charge is -2.07. The molecule has 0 atom stereocenters. The molecule has 0 unspecified atom stereocenters. The fourth-order valence-electron chi connectivity index (χ4n) is 2.28. The molecule has 0 fully saturated rings. The van der Waals surface area contributed by atoms with Crippen molar-refractivity contribution in [3.8, 4) is 0 Å². The summed E-state index contributed by atoms with van der Waals surface area (Å²) in [7, 11) is 0. The van der Waals surface area contributed by atoms with E-state index < -0.39 is 11.9 Å². The second kappa shape index (κ2) is 13.7. The summed E-state index contributed by atoms with van der Waals surface area (Å²) in [5.41, 5.74) is 1.10. The molecule has 1 aromatic rings. The molecule has 0 spiro atoms. The molecule has 1 aliphatic heterocycles.